The van der Waals surface area contributed by atoms with Crippen LogP contribution in [0, 0.1) is 0 Å². The molecule has 0 saturated carbocycles. The summed E-state index contributed by atoms with van der Waals surface area (Å²) in [6, 6.07) is -1.99. The Balaban J connectivity index is 3.13. The van der Waals surface area contributed by atoms with E-state index in [1.165, 1.54) is 6.92 Å². The monoisotopic (exact) mass is 501 g/mol. The molecule has 0 saturated heterocycles. The molecular weight excluding hydrogens is 458 g/mol. The summed E-state index contributed by atoms with van der Waals surface area (Å²) in [4.78, 5) is 38.1. The summed E-state index contributed by atoms with van der Waals surface area (Å²) in [5, 5.41) is 32.1. The van der Waals surface area contributed by atoms with E-state index >= 15 is 0 Å². The second-order valence-corrected chi connectivity index (χ2v) is 8.93. The highest BCUT2D eigenvalue weighted by Crippen LogP contribution is 2.25. The van der Waals surface area contributed by atoms with Gasteiger partial charge in [-0.1, -0.05) is 52.4 Å². The van der Waals surface area contributed by atoms with Crippen LogP contribution in [0.25, 0.3) is 0 Å². The van der Waals surface area contributed by atoms with Crippen molar-refractivity contribution in [3.05, 3.63) is 11.8 Å². The Hall–Kier alpha value is -2.37. The summed E-state index contributed by atoms with van der Waals surface area (Å²) in [6.45, 7) is 5.59. The average Bonchev–Trinajstić information content (AvgIpc) is 2.81. The van der Waals surface area contributed by atoms with Gasteiger partial charge in [0, 0.05) is 20.0 Å². The van der Waals surface area contributed by atoms with Crippen molar-refractivity contribution in [1.29, 1.82) is 0 Å². The topological polar surface area (TPSA) is 172 Å². The van der Waals surface area contributed by atoms with Crippen molar-refractivity contribution in [1.82, 2.24) is 10.2 Å². The van der Waals surface area contributed by atoms with Gasteiger partial charge in [-0.15, -0.1) is 0 Å². The van der Waals surface area contributed by atoms with Crippen molar-refractivity contribution in [3.63, 3.8) is 0 Å². The lowest BCUT2D eigenvalue weighted by molar-refractivity contribution is -0.146. The summed E-state index contributed by atoms with van der Waals surface area (Å²) in [5.41, 5.74) is 6.07. The van der Waals surface area contributed by atoms with E-state index < -0.39 is 60.7 Å². The highest BCUT2D eigenvalue weighted by molar-refractivity contribution is 5.84. The maximum Gasteiger partial charge on any atom is 0.410 e. The Labute approximate surface area is 207 Å². The summed E-state index contributed by atoms with van der Waals surface area (Å²) in [7, 11) is 0. The van der Waals surface area contributed by atoms with Crippen LogP contribution in [0.1, 0.15) is 72.1 Å². The number of nitrogens with zero attached hydrogens (tertiary/aromatic N) is 1. The van der Waals surface area contributed by atoms with Gasteiger partial charge in [0.25, 0.3) is 0 Å². The molecule has 0 fully saturated rings. The zero-order valence-corrected chi connectivity index (χ0v) is 21.1. The van der Waals surface area contributed by atoms with Gasteiger partial charge in [-0.05, 0) is 18.9 Å². The van der Waals surface area contributed by atoms with Crippen molar-refractivity contribution in [3.8, 4) is 0 Å². The van der Waals surface area contributed by atoms with E-state index in [4.69, 9.17) is 15.2 Å². The van der Waals surface area contributed by atoms with Crippen LogP contribution in [0.15, 0.2) is 11.8 Å². The van der Waals surface area contributed by atoms with Gasteiger partial charge in [-0.2, -0.15) is 0 Å². The Morgan fingerprint density at radius 2 is 1.69 bits per heavy atom. The third-order valence-corrected chi connectivity index (χ3v) is 5.90. The highest BCUT2D eigenvalue weighted by atomic mass is 16.6. The number of carbonyl (C=O) groups excluding carboxylic acids is 2. The number of carboxylic acid groups (broad SMARTS) is 1. The van der Waals surface area contributed by atoms with Crippen LogP contribution < -0.4 is 11.1 Å². The van der Waals surface area contributed by atoms with E-state index in [1.54, 1.807) is 4.90 Å². The van der Waals surface area contributed by atoms with Gasteiger partial charge in [-0.3, -0.25) is 4.79 Å². The molecule has 0 bridgehead atoms. The Morgan fingerprint density at radius 1 is 1.11 bits per heavy atom. The number of carbonyl (C=O) groups is 3. The van der Waals surface area contributed by atoms with Gasteiger partial charge in [0.15, 0.2) is 12.2 Å². The summed E-state index contributed by atoms with van der Waals surface area (Å²) < 4.78 is 11.2. The number of hydrogen-bond acceptors (Lipinski definition) is 8. The molecule has 1 aliphatic heterocycles. The van der Waals surface area contributed by atoms with Crippen molar-refractivity contribution in [2.75, 3.05) is 19.7 Å². The number of unbranched alkanes of at least 4 members (excludes halogenated alkanes) is 6. The highest BCUT2D eigenvalue weighted by Gasteiger charge is 2.45. The molecule has 0 aromatic heterocycles. The van der Waals surface area contributed by atoms with Crippen LogP contribution >= 0.6 is 0 Å². The molecule has 1 aliphatic rings. The van der Waals surface area contributed by atoms with E-state index in [0.29, 0.717) is 13.1 Å². The normalized spacial score (nSPS) is 21.3. The molecule has 6 N–H and O–H groups in total. The minimum atomic E-state index is -1.59. The van der Waals surface area contributed by atoms with Crippen LogP contribution in [-0.4, -0.2) is 88.3 Å². The molecule has 1 rings (SSSR count). The number of rotatable bonds is 16. The molecule has 5 atom stereocenters. The van der Waals surface area contributed by atoms with E-state index in [0.717, 1.165) is 57.4 Å². The maximum absolute atomic E-state index is 13.2. The fourth-order valence-corrected chi connectivity index (χ4v) is 3.98. The number of ether oxygens (including phenoxy) is 2. The Kier molecular flexibility index (Phi) is 14.3. The van der Waals surface area contributed by atoms with Crippen LogP contribution in [0.4, 0.5) is 4.79 Å². The molecule has 202 valence electrons. The molecule has 0 aromatic carbocycles. The third-order valence-electron chi connectivity index (χ3n) is 5.90. The molecule has 0 aliphatic carbocycles. The molecule has 0 unspecified atom stereocenters. The van der Waals surface area contributed by atoms with Crippen LogP contribution in [0.3, 0.4) is 0 Å². The fraction of sp³-hybridized carbons (Fsp3) is 0.792. The number of aliphatic hydroxyl groups excluding tert-OH is 2. The molecule has 0 aromatic rings. The van der Waals surface area contributed by atoms with E-state index in [9.17, 15) is 29.7 Å². The van der Waals surface area contributed by atoms with Gasteiger partial charge in [0.05, 0.1) is 18.7 Å². The first kappa shape index (κ1) is 30.7. The smallest absolute Gasteiger partial charge is 0.410 e. The number of nitrogens with one attached hydrogen (secondary N) is 1. The molecule has 1 heterocycles. The first-order valence-electron chi connectivity index (χ1n) is 12.5. The molecule has 2 amide bonds. The third kappa shape index (κ3) is 10.4. The summed E-state index contributed by atoms with van der Waals surface area (Å²) in [5.74, 6) is -2.36. The van der Waals surface area contributed by atoms with Crippen molar-refractivity contribution in [2.45, 2.75) is 103 Å². The van der Waals surface area contributed by atoms with Crippen LogP contribution in [-0.2, 0) is 19.1 Å². The van der Waals surface area contributed by atoms with Crippen molar-refractivity contribution < 1.29 is 39.2 Å². The molecular formula is C24H43N3O8. The largest absolute Gasteiger partial charge is 0.477 e. The molecule has 11 heteroatoms. The standard InChI is InChI=1S/C24H43N3O8/c1-4-6-8-10-12-27(13-11-9-7-5-2)24(33)35-21(18(30)15-28)22-20(26-16(3)29)17(25)14-19(34-22)23(31)32/h14,17-18,20-22,28,30H,4-13,15,25H2,1-3H3,(H,26,29)(H,31,32)/t17-,18+,20+,21+,22+/m0/s1. The second kappa shape index (κ2) is 16.3. The van der Waals surface area contributed by atoms with Gasteiger partial charge >= 0.3 is 12.1 Å². The van der Waals surface area contributed by atoms with Crippen molar-refractivity contribution in [2.24, 2.45) is 5.73 Å². The van der Waals surface area contributed by atoms with E-state index in [2.05, 4.69) is 19.2 Å². The van der Waals surface area contributed by atoms with Crippen LogP contribution in [0.5, 0.6) is 0 Å². The predicted octanol–water partition coefficient (Wildman–Crippen LogP) is 1.51. The number of amides is 2. The fourth-order valence-electron chi connectivity index (χ4n) is 3.98. The SMILES string of the molecule is CCCCCCN(CCCCCC)C(=O)O[C@@H]([C@@H]1OC(C(=O)O)=C[C@H](N)[C@H]1NC(C)=O)[C@H](O)CO. The Morgan fingerprint density at radius 3 is 2.14 bits per heavy atom. The number of carboxylic acids is 1. The first-order chi connectivity index (χ1) is 16.7. The van der Waals surface area contributed by atoms with Gasteiger partial charge in [0.1, 0.15) is 6.10 Å². The quantitative estimate of drug-likeness (QED) is 0.197. The summed E-state index contributed by atoms with van der Waals surface area (Å²) in [6.07, 6.45) is 3.69. The molecule has 11 nitrogen and oxygen atoms in total. The van der Waals surface area contributed by atoms with Gasteiger partial charge < -0.3 is 40.7 Å². The summed E-state index contributed by atoms with van der Waals surface area (Å²) >= 11 is 0. The first-order valence-corrected chi connectivity index (χ1v) is 12.5. The lowest BCUT2D eigenvalue weighted by Gasteiger charge is -2.40. The lowest BCUT2D eigenvalue weighted by atomic mass is 9.92. The maximum atomic E-state index is 13.2. The number of aliphatic carboxylic acids is 1. The zero-order valence-electron chi connectivity index (χ0n) is 21.1. The van der Waals surface area contributed by atoms with Crippen LogP contribution in [0.2, 0.25) is 0 Å². The van der Waals surface area contributed by atoms with E-state index in [-0.39, 0.29) is 0 Å². The van der Waals surface area contributed by atoms with Gasteiger partial charge in [-0.25, -0.2) is 9.59 Å². The number of aliphatic hydroxyl groups is 2. The van der Waals surface area contributed by atoms with Crippen molar-refractivity contribution >= 4 is 18.0 Å². The minimum absolute atomic E-state index is 0.466. The second-order valence-electron chi connectivity index (χ2n) is 8.93. The minimum Gasteiger partial charge on any atom is -0.477 e. The molecule has 0 radical (unpaired) electrons. The molecule has 35 heavy (non-hydrogen) atoms. The molecule has 0 spiro atoms. The van der Waals surface area contributed by atoms with E-state index in [1.807, 2.05) is 0 Å². The lowest BCUT2D eigenvalue weighted by Crippen LogP contribution is -2.63. The Bertz CT molecular complexity index is 690. The van der Waals surface area contributed by atoms with Gasteiger partial charge in [0.2, 0.25) is 11.7 Å². The zero-order chi connectivity index (χ0) is 26.4. The number of hydrogen-bond donors (Lipinski definition) is 5. The average molecular weight is 502 g/mol. The predicted molar refractivity (Wildman–Crippen MR) is 129 cm³/mol. The number of nitrogens with two attached hydrogens (primary N) is 1.